The van der Waals surface area contributed by atoms with Gasteiger partial charge in [0.2, 0.25) is 0 Å². The molecule has 2 N–H and O–H groups in total. The third kappa shape index (κ3) is 3.15. The lowest BCUT2D eigenvalue weighted by Gasteiger charge is -2.59. The Morgan fingerprint density at radius 3 is 1.86 bits per heavy atom. The van der Waals surface area contributed by atoms with Gasteiger partial charge in [0.05, 0.1) is 10.8 Å². The number of carboxylic acids is 1. The Morgan fingerprint density at radius 1 is 1.00 bits per heavy atom. The molecule has 0 saturated heterocycles. The highest BCUT2D eigenvalue weighted by atomic mass is 32.2. The number of ether oxygens (including phenoxy) is 1. The molecule has 0 aromatic rings. The van der Waals surface area contributed by atoms with Gasteiger partial charge in [-0.05, 0) is 50.4 Å². The van der Waals surface area contributed by atoms with E-state index < -0.39 is 50.4 Å². The summed E-state index contributed by atoms with van der Waals surface area (Å²) in [5.41, 5.74) is -3.05. The van der Waals surface area contributed by atoms with Gasteiger partial charge >= 0.3 is 33.5 Å². The zero-order valence-electron chi connectivity index (χ0n) is 14.2. The van der Waals surface area contributed by atoms with Crippen LogP contribution in [-0.2, 0) is 24.4 Å². The monoisotopic (exact) mass is 436 g/mol. The van der Waals surface area contributed by atoms with E-state index in [0.29, 0.717) is 6.42 Å². The minimum absolute atomic E-state index is 0.0145. The van der Waals surface area contributed by atoms with Crippen LogP contribution in [0.3, 0.4) is 0 Å². The van der Waals surface area contributed by atoms with Crippen LogP contribution in [0.1, 0.15) is 38.5 Å². The molecule has 4 saturated carbocycles. The van der Waals surface area contributed by atoms with Crippen molar-refractivity contribution in [1.29, 1.82) is 0 Å². The van der Waals surface area contributed by atoms with E-state index in [0.717, 1.165) is 0 Å². The lowest BCUT2D eigenvalue weighted by Crippen LogP contribution is -2.60. The summed E-state index contributed by atoms with van der Waals surface area (Å²) in [6.07, 6.45) is -9.73. The van der Waals surface area contributed by atoms with E-state index in [1.54, 1.807) is 0 Å². The van der Waals surface area contributed by atoms with Crippen molar-refractivity contribution in [3.05, 3.63) is 0 Å². The van der Waals surface area contributed by atoms with Crippen LogP contribution >= 0.6 is 0 Å². The standard InChI is InChI=1S/C15H17F5O7S/c16-14(17,18)9(15(19,20)28(24,25)26)27-11(23)13-4-7-1-8(5-13)3-12(2-7,6-13)10(21)22/h7-9H,1-6H2,(H,21,22)(H,24,25,26). The first kappa shape index (κ1) is 21.2. The van der Waals surface area contributed by atoms with E-state index in [-0.39, 0.29) is 43.9 Å². The minimum atomic E-state index is -6.54. The lowest BCUT2D eigenvalue weighted by atomic mass is 9.44. The number of carbonyl (C=O) groups excluding carboxylic acids is 1. The van der Waals surface area contributed by atoms with Crippen LogP contribution in [0, 0.1) is 22.7 Å². The average molecular weight is 436 g/mol. The van der Waals surface area contributed by atoms with Gasteiger partial charge in [-0.2, -0.15) is 30.4 Å². The Balaban J connectivity index is 1.94. The Morgan fingerprint density at radius 2 is 1.46 bits per heavy atom. The van der Waals surface area contributed by atoms with E-state index in [2.05, 4.69) is 4.74 Å². The van der Waals surface area contributed by atoms with Crippen LogP contribution < -0.4 is 0 Å². The molecule has 0 aromatic carbocycles. The molecule has 4 aliphatic rings. The maximum atomic E-state index is 13.7. The van der Waals surface area contributed by atoms with Crippen molar-refractivity contribution in [2.75, 3.05) is 0 Å². The van der Waals surface area contributed by atoms with Gasteiger partial charge in [0, 0.05) is 0 Å². The van der Waals surface area contributed by atoms with Gasteiger partial charge in [-0.25, -0.2) is 0 Å². The quantitative estimate of drug-likeness (QED) is 0.386. The third-order valence-corrected chi connectivity index (χ3v) is 7.02. The summed E-state index contributed by atoms with van der Waals surface area (Å²) < 4.78 is 101. The van der Waals surface area contributed by atoms with Crippen LogP contribution in [0.2, 0.25) is 0 Å². The molecule has 13 heteroatoms. The molecule has 28 heavy (non-hydrogen) atoms. The first-order chi connectivity index (χ1) is 12.5. The molecule has 4 rings (SSSR count). The van der Waals surface area contributed by atoms with Crippen molar-refractivity contribution in [3.63, 3.8) is 0 Å². The predicted octanol–water partition coefficient (Wildman–Crippen LogP) is 2.61. The summed E-state index contributed by atoms with van der Waals surface area (Å²) in [7, 11) is -6.54. The second kappa shape index (κ2) is 6.00. The summed E-state index contributed by atoms with van der Waals surface area (Å²) in [6.45, 7) is 0. The SMILES string of the molecule is O=C(O)C12CC3CC(C1)CC(C(=O)OC(C(F)(F)F)C(F)(F)S(=O)(=O)O)(C3)C2. The lowest BCUT2D eigenvalue weighted by molar-refractivity contribution is -0.267. The van der Waals surface area contributed by atoms with Crippen LogP contribution in [0.25, 0.3) is 0 Å². The van der Waals surface area contributed by atoms with Crippen molar-refractivity contribution in [3.8, 4) is 0 Å². The number of aliphatic carboxylic acids is 1. The fourth-order valence-electron chi connectivity index (χ4n) is 5.44. The summed E-state index contributed by atoms with van der Waals surface area (Å²) in [4.78, 5) is 24.3. The van der Waals surface area contributed by atoms with Crippen molar-refractivity contribution in [1.82, 2.24) is 0 Å². The molecule has 0 heterocycles. The zero-order valence-corrected chi connectivity index (χ0v) is 15.0. The normalized spacial score (nSPS) is 36.2. The van der Waals surface area contributed by atoms with Gasteiger partial charge in [0.15, 0.2) is 0 Å². The number of halogens is 5. The first-order valence-corrected chi connectivity index (χ1v) is 9.82. The fraction of sp³-hybridized carbons (Fsp3) is 0.867. The maximum absolute atomic E-state index is 13.7. The molecular weight excluding hydrogens is 419 g/mol. The largest absolute Gasteiger partial charge is 0.481 e. The second-order valence-electron chi connectivity index (χ2n) is 8.19. The number of rotatable bonds is 5. The highest BCUT2D eigenvalue weighted by Crippen LogP contribution is 2.66. The van der Waals surface area contributed by atoms with Gasteiger partial charge in [-0.3, -0.25) is 14.1 Å². The Labute approximate surface area is 156 Å². The molecule has 0 amide bonds. The molecule has 0 aliphatic heterocycles. The summed E-state index contributed by atoms with van der Waals surface area (Å²) in [5, 5.41) is 3.75. The van der Waals surface area contributed by atoms with Crippen LogP contribution in [-0.4, -0.2) is 47.6 Å². The fourth-order valence-corrected chi connectivity index (χ4v) is 5.90. The number of esters is 1. The van der Waals surface area contributed by atoms with E-state index >= 15 is 0 Å². The van der Waals surface area contributed by atoms with E-state index in [1.807, 2.05) is 0 Å². The van der Waals surface area contributed by atoms with Gasteiger partial charge in [-0.15, -0.1) is 0 Å². The molecule has 7 nitrogen and oxygen atoms in total. The molecular formula is C15H17F5O7S. The molecule has 160 valence electrons. The number of carbonyl (C=O) groups is 2. The van der Waals surface area contributed by atoms with E-state index in [9.17, 15) is 45.1 Å². The van der Waals surface area contributed by atoms with Gasteiger partial charge in [-0.1, -0.05) is 0 Å². The first-order valence-electron chi connectivity index (χ1n) is 8.38. The topological polar surface area (TPSA) is 118 Å². The molecule has 0 aromatic heterocycles. The molecule has 4 bridgehead atoms. The predicted molar refractivity (Wildman–Crippen MR) is 79.6 cm³/mol. The van der Waals surface area contributed by atoms with Crippen LogP contribution in [0.4, 0.5) is 22.0 Å². The van der Waals surface area contributed by atoms with Crippen molar-refractivity contribution in [2.24, 2.45) is 22.7 Å². The molecule has 4 aliphatic carbocycles. The zero-order chi connectivity index (χ0) is 21.3. The highest BCUT2D eigenvalue weighted by Gasteiger charge is 2.69. The summed E-state index contributed by atoms with van der Waals surface area (Å²) in [6, 6.07) is 0. The Hall–Kier alpha value is -1.50. The van der Waals surface area contributed by atoms with Crippen molar-refractivity contribution < 1.29 is 54.4 Å². The van der Waals surface area contributed by atoms with Gasteiger partial charge in [0.25, 0.3) is 6.10 Å². The highest BCUT2D eigenvalue weighted by molar-refractivity contribution is 7.86. The number of carboxylic acid groups (broad SMARTS) is 1. The number of hydrogen-bond donors (Lipinski definition) is 2. The molecule has 3 unspecified atom stereocenters. The van der Waals surface area contributed by atoms with E-state index in [4.69, 9.17) is 4.55 Å². The average Bonchev–Trinajstić information content (AvgIpc) is 2.48. The summed E-state index contributed by atoms with van der Waals surface area (Å²) in [5.74, 6) is -3.49. The minimum Gasteiger partial charge on any atom is -0.481 e. The summed E-state index contributed by atoms with van der Waals surface area (Å²) >= 11 is 0. The third-order valence-electron chi connectivity index (χ3n) is 6.12. The molecule has 4 fully saturated rings. The Bertz CT molecular complexity index is 792. The maximum Gasteiger partial charge on any atom is 0.432 e. The Kier molecular flexibility index (Phi) is 4.55. The van der Waals surface area contributed by atoms with Crippen molar-refractivity contribution >= 4 is 22.1 Å². The molecule has 0 spiro atoms. The number of hydrogen-bond acceptors (Lipinski definition) is 5. The second-order valence-corrected chi connectivity index (χ2v) is 9.69. The van der Waals surface area contributed by atoms with Crippen LogP contribution in [0.5, 0.6) is 0 Å². The molecule has 0 radical (unpaired) electrons. The van der Waals surface area contributed by atoms with E-state index in [1.165, 1.54) is 0 Å². The molecule has 3 atom stereocenters. The van der Waals surface area contributed by atoms with Crippen LogP contribution in [0.15, 0.2) is 0 Å². The number of alkyl halides is 5. The van der Waals surface area contributed by atoms with Gasteiger partial charge < -0.3 is 9.84 Å². The van der Waals surface area contributed by atoms with Gasteiger partial charge in [0.1, 0.15) is 0 Å². The van der Waals surface area contributed by atoms with Crippen molar-refractivity contribution in [2.45, 2.75) is 56.1 Å². The smallest absolute Gasteiger partial charge is 0.432 e.